The summed E-state index contributed by atoms with van der Waals surface area (Å²) in [6, 6.07) is 7.37. The van der Waals surface area contributed by atoms with E-state index in [9.17, 15) is 4.79 Å². The van der Waals surface area contributed by atoms with Gasteiger partial charge >= 0.3 is 5.69 Å². The fraction of sp³-hybridized carbons (Fsp3) is 0.300. The first-order valence-corrected chi connectivity index (χ1v) is 9.27. The van der Waals surface area contributed by atoms with Crippen molar-refractivity contribution in [3.05, 3.63) is 64.5 Å². The van der Waals surface area contributed by atoms with Crippen LogP contribution in [0.25, 0.3) is 17.0 Å². The van der Waals surface area contributed by atoms with Gasteiger partial charge in [-0.05, 0) is 44.0 Å². The van der Waals surface area contributed by atoms with E-state index in [1.165, 1.54) is 4.68 Å². The number of nitrogens with zero attached hydrogens (tertiary/aromatic N) is 6. The van der Waals surface area contributed by atoms with Gasteiger partial charge in [0.05, 0.1) is 23.5 Å². The first kappa shape index (κ1) is 16.9. The van der Waals surface area contributed by atoms with Crippen LogP contribution in [-0.2, 0) is 4.74 Å². The minimum absolute atomic E-state index is 0.251. The number of ether oxygens (including phenoxy) is 1. The lowest BCUT2D eigenvalue weighted by molar-refractivity contribution is -0.0259. The highest BCUT2D eigenvalue weighted by Gasteiger charge is 2.30. The molecule has 5 rings (SSSR count). The number of pyridine rings is 1. The van der Waals surface area contributed by atoms with Crippen molar-refractivity contribution in [3.8, 4) is 5.82 Å². The number of allylic oxidation sites excluding steroid dienone is 1. The molecule has 1 atom stereocenters. The van der Waals surface area contributed by atoms with E-state index in [1.807, 2.05) is 37.1 Å². The predicted molar refractivity (Wildman–Crippen MR) is 105 cm³/mol. The van der Waals surface area contributed by atoms with E-state index in [1.54, 1.807) is 35.1 Å². The van der Waals surface area contributed by atoms with Gasteiger partial charge in [0.1, 0.15) is 0 Å². The molecule has 8 heteroatoms. The van der Waals surface area contributed by atoms with E-state index in [4.69, 9.17) is 4.74 Å². The Morgan fingerprint density at radius 2 is 2.11 bits per heavy atom. The summed E-state index contributed by atoms with van der Waals surface area (Å²) in [7, 11) is 1.96. The molecule has 2 aliphatic rings. The van der Waals surface area contributed by atoms with E-state index in [2.05, 4.69) is 15.1 Å². The van der Waals surface area contributed by atoms with Crippen LogP contribution < -0.4 is 5.69 Å². The summed E-state index contributed by atoms with van der Waals surface area (Å²) >= 11 is 0. The van der Waals surface area contributed by atoms with E-state index in [0.29, 0.717) is 11.9 Å². The Morgan fingerprint density at radius 1 is 1.25 bits per heavy atom. The Hall–Kier alpha value is -3.26. The van der Waals surface area contributed by atoms with Gasteiger partial charge in [0, 0.05) is 30.7 Å². The summed E-state index contributed by atoms with van der Waals surface area (Å²) in [6.45, 7) is 1.93. The summed E-state index contributed by atoms with van der Waals surface area (Å²) in [5.74, 6) is 0.489. The number of aromatic nitrogens is 4. The zero-order chi connectivity index (χ0) is 19.3. The maximum absolute atomic E-state index is 13.1. The number of aliphatic imine (C=N–C) groups is 1. The Bertz CT molecular complexity index is 1160. The number of rotatable bonds is 4. The monoisotopic (exact) mass is 376 g/mol. The molecule has 1 saturated carbocycles. The molecule has 0 spiro atoms. The first-order valence-electron chi connectivity index (χ1n) is 9.27. The van der Waals surface area contributed by atoms with Crippen LogP contribution >= 0.6 is 0 Å². The standard InChI is InChI=1S/C20H20N6O2/c1-13-16(17-8-10-22-19(24(17)2)28-15-6-7-15)11-14-12-23-26(20(27)25(13)14)18-5-3-4-9-21-18/h3-5,8-12,15,19H,6-7H2,1-2H3. The number of hydrogen-bond acceptors (Lipinski definition) is 6. The van der Waals surface area contributed by atoms with Crippen molar-refractivity contribution in [2.24, 2.45) is 4.99 Å². The zero-order valence-electron chi connectivity index (χ0n) is 15.7. The topological polar surface area (TPSA) is 77.0 Å². The molecular formula is C20H20N6O2. The molecule has 8 nitrogen and oxygen atoms in total. The van der Waals surface area contributed by atoms with Crippen LogP contribution in [0.3, 0.4) is 0 Å². The van der Waals surface area contributed by atoms with Crippen LogP contribution in [0.2, 0.25) is 0 Å². The molecule has 0 aromatic carbocycles. The summed E-state index contributed by atoms with van der Waals surface area (Å²) < 4.78 is 8.94. The molecule has 3 aromatic heterocycles. The lowest BCUT2D eigenvalue weighted by Gasteiger charge is -2.31. The Labute approximate surface area is 161 Å². The molecular weight excluding hydrogens is 356 g/mol. The summed E-state index contributed by atoms with van der Waals surface area (Å²) in [5, 5.41) is 4.29. The van der Waals surface area contributed by atoms with Crippen LogP contribution in [0, 0.1) is 6.92 Å². The lowest BCUT2D eigenvalue weighted by atomic mass is 10.1. The van der Waals surface area contributed by atoms with Crippen molar-refractivity contribution in [3.63, 3.8) is 0 Å². The highest BCUT2D eigenvalue weighted by molar-refractivity contribution is 5.87. The van der Waals surface area contributed by atoms with Crippen molar-refractivity contribution in [1.82, 2.24) is 24.1 Å². The average Bonchev–Trinajstić information content (AvgIpc) is 3.46. The van der Waals surface area contributed by atoms with Gasteiger partial charge in [-0.2, -0.15) is 9.78 Å². The van der Waals surface area contributed by atoms with Crippen LogP contribution in [0.5, 0.6) is 0 Å². The average molecular weight is 376 g/mol. The molecule has 4 heterocycles. The van der Waals surface area contributed by atoms with Gasteiger partial charge in [-0.25, -0.2) is 14.8 Å². The Morgan fingerprint density at radius 3 is 2.86 bits per heavy atom. The maximum Gasteiger partial charge on any atom is 0.355 e. The molecule has 0 amide bonds. The third-order valence-corrected chi connectivity index (χ3v) is 5.09. The Balaban J connectivity index is 1.59. The van der Waals surface area contributed by atoms with Gasteiger partial charge in [0.25, 0.3) is 0 Å². The van der Waals surface area contributed by atoms with Crippen LogP contribution in [-0.4, -0.2) is 49.8 Å². The van der Waals surface area contributed by atoms with Crippen molar-refractivity contribution in [1.29, 1.82) is 0 Å². The van der Waals surface area contributed by atoms with E-state index in [0.717, 1.165) is 35.3 Å². The molecule has 1 fully saturated rings. The summed E-state index contributed by atoms with van der Waals surface area (Å²) in [5.41, 5.74) is 3.24. The number of aryl methyl sites for hydroxylation is 1. The van der Waals surface area contributed by atoms with E-state index < -0.39 is 0 Å². The molecule has 1 unspecified atom stereocenters. The third-order valence-electron chi connectivity index (χ3n) is 5.09. The fourth-order valence-corrected chi connectivity index (χ4v) is 3.44. The SMILES string of the molecule is Cc1c(C2=CC=NC(OC3CC3)N2C)cc2cnn(-c3ccccn3)c(=O)n12. The van der Waals surface area contributed by atoms with Crippen molar-refractivity contribution in [2.45, 2.75) is 32.2 Å². The molecule has 1 aliphatic carbocycles. The second kappa shape index (κ2) is 6.42. The normalized spacial score (nSPS) is 19.3. The maximum atomic E-state index is 13.1. The van der Waals surface area contributed by atoms with Gasteiger partial charge in [0.2, 0.25) is 6.35 Å². The molecule has 0 saturated heterocycles. The highest BCUT2D eigenvalue weighted by atomic mass is 16.5. The van der Waals surface area contributed by atoms with Gasteiger partial charge in [-0.3, -0.25) is 4.40 Å². The summed E-state index contributed by atoms with van der Waals surface area (Å²) in [6.07, 6.45) is 9.18. The summed E-state index contributed by atoms with van der Waals surface area (Å²) in [4.78, 5) is 23.8. The molecule has 3 aromatic rings. The Kier molecular flexibility index (Phi) is 3.87. The van der Waals surface area contributed by atoms with E-state index in [-0.39, 0.29) is 12.0 Å². The quantitative estimate of drug-likeness (QED) is 0.696. The third kappa shape index (κ3) is 2.73. The lowest BCUT2D eigenvalue weighted by Crippen LogP contribution is -2.34. The number of fused-ring (bicyclic) bond motifs is 1. The molecule has 1 aliphatic heterocycles. The molecule has 28 heavy (non-hydrogen) atoms. The van der Waals surface area contributed by atoms with Gasteiger partial charge < -0.3 is 9.64 Å². The minimum atomic E-state index is -0.335. The van der Waals surface area contributed by atoms with Gasteiger partial charge in [0.15, 0.2) is 5.82 Å². The second-order valence-corrected chi connectivity index (χ2v) is 7.05. The van der Waals surface area contributed by atoms with Crippen LogP contribution in [0.4, 0.5) is 0 Å². The van der Waals surface area contributed by atoms with Crippen molar-refractivity contribution in [2.75, 3.05) is 7.05 Å². The number of hydrogen-bond donors (Lipinski definition) is 0. The fourth-order valence-electron chi connectivity index (χ4n) is 3.44. The molecule has 0 radical (unpaired) electrons. The van der Waals surface area contributed by atoms with Crippen LogP contribution in [0.1, 0.15) is 24.1 Å². The van der Waals surface area contributed by atoms with Gasteiger partial charge in [-0.15, -0.1) is 0 Å². The first-order chi connectivity index (χ1) is 13.6. The predicted octanol–water partition coefficient (Wildman–Crippen LogP) is 2.01. The second-order valence-electron chi connectivity index (χ2n) is 7.05. The van der Waals surface area contributed by atoms with Crippen molar-refractivity contribution < 1.29 is 4.74 Å². The molecule has 0 N–H and O–H groups in total. The molecule has 142 valence electrons. The van der Waals surface area contributed by atoms with Gasteiger partial charge in [-0.1, -0.05) is 6.07 Å². The van der Waals surface area contributed by atoms with E-state index >= 15 is 0 Å². The highest BCUT2D eigenvalue weighted by Crippen LogP contribution is 2.31. The minimum Gasteiger partial charge on any atom is -0.336 e. The van der Waals surface area contributed by atoms with Crippen molar-refractivity contribution >= 4 is 17.4 Å². The van der Waals surface area contributed by atoms with Crippen LogP contribution in [0.15, 0.2) is 52.5 Å². The smallest absolute Gasteiger partial charge is 0.336 e. The zero-order valence-corrected chi connectivity index (χ0v) is 15.7. The molecule has 0 bridgehead atoms. The largest absolute Gasteiger partial charge is 0.355 e.